The van der Waals surface area contributed by atoms with Crippen LogP contribution in [0.4, 0.5) is 0 Å². The number of nitrogens with zero attached hydrogens (tertiary/aromatic N) is 2. The van der Waals surface area contributed by atoms with Crippen LogP contribution in [0.15, 0.2) is 71.6 Å². The van der Waals surface area contributed by atoms with E-state index in [4.69, 9.17) is 22.1 Å². The van der Waals surface area contributed by atoms with Crippen molar-refractivity contribution in [1.82, 2.24) is 0 Å². The van der Waals surface area contributed by atoms with Crippen molar-refractivity contribution in [3.8, 4) is 12.1 Å². The lowest BCUT2D eigenvalue weighted by Gasteiger charge is -2.26. The zero-order valence-corrected chi connectivity index (χ0v) is 13.3. The Morgan fingerprint density at radius 1 is 0.917 bits per heavy atom. The van der Waals surface area contributed by atoms with Crippen LogP contribution in [-0.4, -0.2) is 0 Å². The summed E-state index contributed by atoms with van der Waals surface area (Å²) in [6.45, 7) is 0. The van der Waals surface area contributed by atoms with Gasteiger partial charge in [0.1, 0.15) is 11.6 Å². The Balaban J connectivity index is 2.22. The molecule has 0 aromatic heterocycles. The van der Waals surface area contributed by atoms with E-state index in [2.05, 4.69) is 12.1 Å². The molecule has 3 rings (SSSR count). The predicted octanol–water partition coefficient (Wildman–Crippen LogP) is 4.08. The highest BCUT2D eigenvalue weighted by molar-refractivity contribution is 6.30. The van der Waals surface area contributed by atoms with E-state index in [0.29, 0.717) is 21.9 Å². The van der Waals surface area contributed by atoms with Crippen molar-refractivity contribution >= 4 is 17.4 Å². The second-order valence-corrected chi connectivity index (χ2v) is 5.63. The topological polar surface area (TPSA) is 82.8 Å². The molecule has 0 spiro atoms. The molecule has 5 heteroatoms. The van der Waals surface area contributed by atoms with Gasteiger partial charge in [0.25, 0.3) is 0 Å². The van der Waals surface area contributed by atoms with E-state index in [9.17, 15) is 10.5 Å². The molecule has 116 valence electrons. The van der Waals surface area contributed by atoms with Gasteiger partial charge in [-0.2, -0.15) is 10.5 Å². The quantitative estimate of drug-likeness (QED) is 0.897. The third kappa shape index (κ3) is 2.72. The van der Waals surface area contributed by atoms with Crippen molar-refractivity contribution in [2.24, 2.45) is 5.73 Å². The van der Waals surface area contributed by atoms with Gasteiger partial charge in [0.05, 0.1) is 17.6 Å². The summed E-state index contributed by atoms with van der Waals surface area (Å²) in [5.74, 6) is -0.199. The maximum absolute atomic E-state index is 9.72. The first-order chi connectivity index (χ1) is 11.7. The molecule has 1 heterocycles. The summed E-state index contributed by atoms with van der Waals surface area (Å²) in [5, 5.41) is 19.8. The van der Waals surface area contributed by atoms with Crippen LogP contribution in [0.2, 0.25) is 5.02 Å². The minimum Gasteiger partial charge on any atom is -0.439 e. The molecule has 0 aliphatic carbocycles. The molecule has 1 aliphatic heterocycles. The predicted molar refractivity (Wildman–Crippen MR) is 91.1 cm³/mol. The summed E-state index contributed by atoms with van der Waals surface area (Å²) in [7, 11) is 0. The molecule has 0 saturated carbocycles. The van der Waals surface area contributed by atoms with Crippen molar-refractivity contribution in [1.29, 1.82) is 10.5 Å². The highest BCUT2D eigenvalue weighted by Gasteiger charge is 2.33. The van der Waals surface area contributed by atoms with Gasteiger partial charge in [0, 0.05) is 10.6 Å². The summed E-state index contributed by atoms with van der Waals surface area (Å²) in [5.41, 5.74) is 8.02. The molecule has 2 aromatic rings. The molecule has 0 fully saturated rings. The molecular formula is C19H12ClN3O. The average Bonchev–Trinajstić information content (AvgIpc) is 2.62. The largest absolute Gasteiger partial charge is 0.439 e. The van der Waals surface area contributed by atoms with Crippen LogP contribution in [0.1, 0.15) is 17.0 Å². The second kappa shape index (κ2) is 6.50. The molecule has 0 radical (unpaired) electrons. The van der Waals surface area contributed by atoms with Crippen LogP contribution >= 0.6 is 11.6 Å². The Morgan fingerprint density at radius 2 is 1.54 bits per heavy atom. The van der Waals surface area contributed by atoms with Gasteiger partial charge in [-0.05, 0) is 29.8 Å². The standard InChI is InChI=1S/C19H12ClN3O/c20-14-8-6-13(7-9-14)18-15(10-21)17(12-4-2-1-3-5-12)16(11-22)19(23)24-18/h1-9,17H,23H2. The molecule has 0 bridgehead atoms. The minimum absolute atomic E-state index is 0.00954. The van der Waals surface area contributed by atoms with Crippen molar-refractivity contribution in [2.75, 3.05) is 0 Å². The number of allylic oxidation sites excluding steroid dienone is 2. The van der Waals surface area contributed by atoms with E-state index >= 15 is 0 Å². The Hall–Kier alpha value is -3.21. The molecule has 1 atom stereocenters. The summed E-state index contributed by atoms with van der Waals surface area (Å²) in [6, 6.07) is 20.5. The average molecular weight is 334 g/mol. The maximum atomic E-state index is 9.72. The molecule has 1 aliphatic rings. The number of rotatable bonds is 2. The Morgan fingerprint density at radius 3 is 2.12 bits per heavy atom. The molecule has 1 unspecified atom stereocenters. The van der Waals surface area contributed by atoms with Gasteiger partial charge in [0.15, 0.2) is 5.76 Å². The Labute approximate surface area is 144 Å². The first-order valence-electron chi connectivity index (χ1n) is 7.18. The van der Waals surface area contributed by atoms with Gasteiger partial charge in [-0.3, -0.25) is 0 Å². The zero-order valence-electron chi connectivity index (χ0n) is 12.5. The van der Waals surface area contributed by atoms with Crippen LogP contribution in [0.5, 0.6) is 0 Å². The van der Waals surface area contributed by atoms with E-state index in [-0.39, 0.29) is 11.5 Å². The lowest BCUT2D eigenvalue weighted by atomic mass is 9.83. The van der Waals surface area contributed by atoms with Crippen LogP contribution in [-0.2, 0) is 4.74 Å². The van der Waals surface area contributed by atoms with Gasteiger partial charge >= 0.3 is 0 Å². The fraction of sp³-hybridized carbons (Fsp3) is 0.0526. The molecule has 24 heavy (non-hydrogen) atoms. The number of ether oxygens (including phenoxy) is 1. The van der Waals surface area contributed by atoms with E-state index in [1.807, 2.05) is 30.3 Å². The molecule has 0 saturated heterocycles. The molecule has 0 amide bonds. The molecular weight excluding hydrogens is 322 g/mol. The SMILES string of the molecule is N#CC1=C(N)OC(c2ccc(Cl)cc2)=C(C#N)C1c1ccccc1. The van der Waals surface area contributed by atoms with Crippen LogP contribution < -0.4 is 5.73 Å². The van der Waals surface area contributed by atoms with Crippen molar-refractivity contribution < 1.29 is 4.74 Å². The first-order valence-corrected chi connectivity index (χ1v) is 7.56. The molecule has 4 nitrogen and oxygen atoms in total. The smallest absolute Gasteiger partial charge is 0.205 e. The molecule has 2 aromatic carbocycles. The Kier molecular flexibility index (Phi) is 4.24. The summed E-state index contributed by atoms with van der Waals surface area (Å²) in [6.07, 6.45) is 0. The number of nitrogens with two attached hydrogens (primary N) is 1. The third-order valence-corrected chi connectivity index (χ3v) is 4.03. The minimum atomic E-state index is -0.555. The number of nitriles is 2. The van der Waals surface area contributed by atoms with Crippen molar-refractivity contribution in [3.63, 3.8) is 0 Å². The van der Waals surface area contributed by atoms with E-state index in [0.717, 1.165) is 5.56 Å². The number of hydrogen-bond acceptors (Lipinski definition) is 4. The van der Waals surface area contributed by atoms with Gasteiger partial charge in [-0.15, -0.1) is 0 Å². The van der Waals surface area contributed by atoms with E-state index in [1.165, 1.54) is 0 Å². The van der Waals surface area contributed by atoms with Gasteiger partial charge in [-0.25, -0.2) is 0 Å². The van der Waals surface area contributed by atoms with E-state index in [1.54, 1.807) is 24.3 Å². The fourth-order valence-corrected chi connectivity index (χ4v) is 2.79. The summed E-state index contributed by atoms with van der Waals surface area (Å²) in [4.78, 5) is 0. The number of halogens is 1. The fourth-order valence-electron chi connectivity index (χ4n) is 2.67. The van der Waals surface area contributed by atoms with Crippen LogP contribution in [0.3, 0.4) is 0 Å². The van der Waals surface area contributed by atoms with Gasteiger partial charge in [0.2, 0.25) is 5.88 Å². The van der Waals surface area contributed by atoms with E-state index < -0.39 is 5.92 Å². The number of benzene rings is 2. The first kappa shape index (κ1) is 15.7. The maximum Gasteiger partial charge on any atom is 0.205 e. The van der Waals surface area contributed by atoms with Gasteiger partial charge < -0.3 is 10.5 Å². The van der Waals surface area contributed by atoms with Gasteiger partial charge in [-0.1, -0.05) is 41.9 Å². The monoisotopic (exact) mass is 333 g/mol. The summed E-state index contributed by atoms with van der Waals surface area (Å²) >= 11 is 5.92. The van der Waals surface area contributed by atoms with Crippen LogP contribution in [0.25, 0.3) is 5.76 Å². The highest BCUT2D eigenvalue weighted by Crippen LogP contribution is 2.41. The lowest BCUT2D eigenvalue weighted by Crippen LogP contribution is -2.20. The van der Waals surface area contributed by atoms with Crippen LogP contribution in [0, 0.1) is 22.7 Å². The van der Waals surface area contributed by atoms with Crippen molar-refractivity contribution in [2.45, 2.75) is 5.92 Å². The number of hydrogen-bond donors (Lipinski definition) is 1. The van der Waals surface area contributed by atoms with Crippen molar-refractivity contribution in [3.05, 3.63) is 87.8 Å². The second-order valence-electron chi connectivity index (χ2n) is 5.20. The Bertz CT molecular complexity index is 916. The third-order valence-electron chi connectivity index (χ3n) is 3.78. The molecule has 2 N–H and O–H groups in total. The summed E-state index contributed by atoms with van der Waals surface area (Å²) < 4.78 is 5.62. The zero-order chi connectivity index (χ0) is 17.1. The normalized spacial score (nSPS) is 17.0. The lowest BCUT2D eigenvalue weighted by molar-refractivity contribution is 0.357. The highest BCUT2D eigenvalue weighted by atomic mass is 35.5.